The second-order valence-electron chi connectivity index (χ2n) is 8.98. The van der Waals surface area contributed by atoms with E-state index >= 15 is 0 Å². The van der Waals surface area contributed by atoms with Crippen molar-refractivity contribution < 1.29 is 20.1 Å². The van der Waals surface area contributed by atoms with E-state index in [9.17, 15) is 9.90 Å². The standard InChI is InChI=1S/C18H28N2O.C9H13NO3/c1-4-5-12-20-13-7-6-11-16(20)18(21)19-17-14(2)9-8-10-15(17)3;1-10-5-9(13)6-2-3-7(11)8(12)4-6/h8-10,16H,4-7,11-13H2,1-3H3,(H,19,21);2-4,9-13H,5H2,1H3/t;9-/m.0/s1. The summed E-state index contributed by atoms with van der Waals surface area (Å²) in [7, 11) is 1.73. The number of aromatic hydroxyl groups is 2. The van der Waals surface area contributed by atoms with Crippen molar-refractivity contribution in [2.75, 3.05) is 32.0 Å². The molecular formula is C27H41N3O4. The summed E-state index contributed by atoms with van der Waals surface area (Å²) in [5.41, 5.74) is 3.84. The number of nitrogens with one attached hydrogen (secondary N) is 2. The smallest absolute Gasteiger partial charge is 0.241 e. The van der Waals surface area contributed by atoms with Crippen LogP contribution in [0.2, 0.25) is 0 Å². The number of unbranched alkanes of at least 4 members (excludes halogenated alkanes) is 1. The maximum absolute atomic E-state index is 12.7. The van der Waals surface area contributed by atoms with Crippen LogP contribution in [0.15, 0.2) is 36.4 Å². The fourth-order valence-electron chi connectivity index (χ4n) is 4.19. The van der Waals surface area contributed by atoms with E-state index in [-0.39, 0.29) is 23.4 Å². The van der Waals surface area contributed by atoms with Crippen molar-refractivity contribution in [2.45, 2.75) is 65.0 Å². The summed E-state index contributed by atoms with van der Waals surface area (Å²) < 4.78 is 0. The van der Waals surface area contributed by atoms with E-state index in [1.54, 1.807) is 13.1 Å². The first-order chi connectivity index (χ1) is 16.3. The lowest BCUT2D eigenvalue weighted by Gasteiger charge is -2.34. The van der Waals surface area contributed by atoms with Gasteiger partial charge < -0.3 is 26.0 Å². The number of benzene rings is 2. The number of nitrogens with zero attached hydrogens (tertiary/aromatic N) is 1. The van der Waals surface area contributed by atoms with Crippen molar-refractivity contribution in [1.82, 2.24) is 10.2 Å². The number of phenols is 2. The number of hydrogen-bond acceptors (Lipinski definition) is 6. The molecule has 7 nitrogen and oxygen atoms in total. The Morgan fingerprint density at radius 3 is 2.44 bits per heavy atom. The minimum absolute atomic E-state index is 0.0457. The number of para-hydroxylation sites is 1. The Morgan fingerprint density at radius 2 is 1.82 bits per heavy atom. The van der Waals surface area contributed by atoms with Crippen LogP contribution in [0.4, 0.5) is 5.69 Å². The van der Waals surface area contributed by atoms with Crippen LogP contribution in [0.5, 0.6) is 11.5 Å². The van der Waals surface area contributed by atoms with Gasteiger partial charge in [-0.15, -0.1) is 0 Å². The number of phenolic OH excluding ortho intramolecular Hbond substituents is 2. The fraction of sp³-hybridized carbons (Fsp3) is 0.519. The van der Waals surface area contributed by atoms with Gasteiger partial charge in [0.15, 0.2) is 11.5 Å². The molecule has 0 saturated carbocycles. The van der Waals surface area contributed by atoms with Gasteiger partial charge >= 0.3 is 0 Å². The van der Waals surface area contributed by atoms with Crippen LogP contribution in [0.3, 0.4) is 0 Å². The SMILES string of the molecule is CCCCN1CCCCC1C(=O)Nc1c(C)cccc1C.CNC[C@H](O)c1ccc(O)c(O)c1. The zero-order chi connectivity index (χ0) is 25.1. The molecule has 1 unspecified atom stereocenters. The molecule has 1 heterocycles. The number of carbonyl (C=O) groups excluding carboxylic acids is 1. The molecule has 0 bridgehead atoms. The quantitative estimate of drug-likeness (QED) is 0.369. The van der Waals surface area contributed by atoms with E-state index in [0.717, 1.165) is 42.7 Å². The highest BCUT2D eigenvalue weighted by Crippen LogP contribution is 2.27. The number of aryl methyl sites for hydroxylation is 2. The number of likely N-dealkylation sites (N-methyl/N-ethyl adjacent to an activating group) is 1. The second-order valence-corrected chi connectivity index (χ2v) is 8.98. The monoisotopic (exact) mass is 471 g/mol. The summed E-state index contributed by atoms with van der Waals surface area (Å²) in [6.45, 7) is 8.82. The molecule has 0 aliphatic carbocycles. The third-order valence-corrected chi connectivity index (χ3v) is 6.23. The van der Waals surface area contributed by atoms with Gasteiger partial charge in [-0.25, -0.2) is 0 Å². The molecule has 3 rings (SSSR count). The predicted octanol–water partition coefficient (Wildman–Crippen LogP) is 4.25. The molecule has 0 spiro atoms. The molecule has 1 saturated heterocycles. The molecule has 2 aromatic carbocycles. The Labute approximate surface area is 203 Å². The minimum Gasteiger partial charge on any atom is -0.504 e. The molecule has 0 radical (unpaired) electrons. The second kappa shape index (κ2) is 13.9. The van der Waals surface area contributed by atoms with Gasteiger partial charge in [0, 0.05) is 12.2 Å². The first-order valence-electron chi connectivity index (χ1n) is 12.2. The molecule has 1 aliphatic heterocycles. The van der Waals surface area contributed by atoms with Gasteiger partial charge in [-0.3, -0.25) is 9.69 Å². The number of likely N-dealkylation sites (tertiary alicyclic amines) is 1. The largest absolute Gasteiger partial charge is 0.504 e. The number of piperidine rings is 1. The lowest BCUT2D eigenvalue weighted by molar-refractivity contribution is -0.122. The summed E-state index contributed by atoms with van der Waals surface area (Å²) in [5.74, 6) is -0.226. The average Bonchev–Trinajstić information content (AvgIpc) is 2.82. The van der Waals surface area contributed by atoms with Gasteiger partial charge in [0.1, 0.15) is 0 Å². The average molecular weight is 472 g/mol. The van der Waals surface area contributed by atoms with Crippen molar-refractivity contribution in [3.8, 4) is 11.5 Å². The van der Waals surface area contributed by atoms with Crippen molar-refractivity contribution in [1.29, 1.82) is 0 Å². The number of rotatable bonds is 8. The molecule has 0 aromatic heterocycles. The summed E-state index contributed by atoms with van der Waals surface area (Å²) in [4.78, 5) is 15.1. The molecule has 34 heavy (non-hydrogen) atoms. The molecule has 7 heteroatoms. The number of aliphatic hydroxyl groups is 1. The van der Waals surface area contributed by atoms with Crippen LogP contribution in [-0.4, -0.2) is 58.9 Å². The number of carbonyl (C=O) groups is 1. The highest BCUT2D eigenvalue weighted by molar-refractivity contribution is 5.96. The van der Waals surface area contributed by atoms with Crippen molar-refractivity contribution in [3.63, 3.8) is 0 Å². The zero-order valence-corrected chi connectivity index (χ0v) is 21.0. The molecule has 1 aliphatic rings. The van der Waals surface area contributed by atoms with Crippen LogP contribution >= 0.6 is 0 Å². The summed E-state index contributed by atoms with van der Waals surface area (Å²) >= 11 is 0. The van der Waals surface area contributed by atoms with Crippen molar-refractivity contribution in [2.24, 2.45) is 0 Å². The molecule has 1 amide bonds. The first kappa shape index (κ1) is 27.6. The first-order valence-corrected chi connectivity index (χ1v) is 12.2. The predicted molar refractivity (Wildman–Crippen MR) is 137 cm³/mol. The zero-order valence-electron chi connectivity index (χ0n) is 21.0. The third kappa shape index (κ3) is 8.01. The Kier molecular flexibility index (Phi) is 11.3. The lowest BCUT2D eigenvalue weighted by atomic mass is 10.00. The van der Waals surface area contributed by atoms with Gasteiger partial charge in [0.2, 0.25) is 5.91 Å². The van der Waals surface area contributed by atoms with E-state index in [1.165, 1.54) is 31.4 Å². The number of anilines is 1. The van der Waals surface area contributed by atoms with E-state index in [4.69, 9.17) is 10.2 Å². The van der Waals surface area contributed by atoms with Gasteiger partial charge in [0.05, 0.1) is 12.1 Å². The maximum Gasteiger partial charge on any atom is 0.241 e. The molecule has 1 fully saturated rings. The lowest BCUT2D eigenvalue weighted by Crippen LogP contribution is -2.47. The Bertz CT molecular complexity index is 898. The number of amides is 1. The molecule has 188 valence electrons. The van der Waals surface area contributed by atoms with E-state index in [0.29, 0.717) is 12.1 Å². The Hall–Kier alpha value is -2.61. The Balaban J connectivity index is 0.000000270. The summed E-state index contributed by atoms with van der Waals surface area (Å²) in [6, 6.07) is 10.5. The van der Waals surface area contributed by atoms with Gasteiger partial charge in [-0.05, 0) is 82.1 Å². The van der Waals surface area contributed by atoms with Gasteiger partial charge in [0.25, 0.3) is 0 Å². The van der Waals surface area contributed by atoms with E-state index in [2.05, 4.69) is 48.4 Å². The van der Waals surface area contributed by atoms with Gasteiger partial charge in [-0.1, -0.05) is 44.0 Å². The maximum atomic E-state index is 12.7. The van der Waals surface area contributed by atoms with E-state index < -0.39 is 6.10 Å². The van der Waals surface area contributed by atoms with Crippen LogP contribution < -0.4 is 10.6 Å². The summed E-state index contributed by atoms with van der Waals surface area (Å²) in [5, 5.41) is 33.6. The molecular weight excluding hydrogens is 430 g/mol. The van der Waals surface area contributed by atoms with Crippen LogP contribution in [0, 0.1) is 13.8 Å². The number of hydrogen-bond donors (Lipinski definition) is 5. The molecule has 2 atom stereocenters. The van der Waals surface area contributed by atoms with Crippen molar-refractivity contribution in [3.05, 3.63) is 53.1 Å². The van der Waals surface area contributed by atoms with Crippen LogP contribution in [0.25, 0.3) is 0 Å². The van der Waals surface area contributed by atoms with Crippen molar-refractivity contribution >= 4 is 11.6 Å². The van der Waals surface area contributed by atoms with Crippen LogP contribution in [0.1, 0.15) is 61.8 Å². The normalized spacial score (nSPS) is 16.9. The summed E-state index contributed by atoms with van der Waals surface area (Å²) in [6.07, 6.45) is 5.05. The van der Waals surface area contributed by atoms with Gasteiger partial charge in [-0.2, -0.15) is 0 Å². The van der Waals surface area contributed by atoms with E-state index in [1.807, 2.05) is 6.07 Å². The minimum atomic E-state index is -0.670. The van der Waals surface area contributed by atoms with Crippen LogP contribution in [-0.2, 0) is 4.79 Å². The topological polar surface area (TPSA) is 105 Å². The third-order valence-electron chi connectivity index (χ3n) is 6.23. The fourth-order valence-corrected chi connectivity index (χ4v) is 4.19. The highest BCUT2D eigenvalue weighted by Gasteiger charge is 2.28. The highest BCUT2D eigenvalue weighted by atomic mass is 16.3. The number of aliphatic hydroxyl groups excluding tert-OH is 1. The molecule has 5 N–H and O–H groups in total. The molecule has 2 aromatic rings. The Morgan fingerprint density at radius 1 is 1.12 bits per heavy atom.